The molecule has 1 aliphatic rings. The van der Waals surface area contributed by atoms with Crippen molar-refractivity contribution in [3.8, 4) is 0 Å². The summed E-state index contributed by atoms with van der Waals surface area (Å²) >= 11 is 0. The normalized spacial score (nSPS) is 19.7. The average molecular weight is 263 g/mol. The van der Waals surface area contributed by atoms with Crippen molar-refractivity contribution in [3.05, 3.63) is 35.1 Å². The third kappa shape index (κ3) is 2.49. The number of hydrogen-bond donors (Lipinski definition) is 2. The van der Waals surface area contributed by atoms with Crippen LogP contribution in [0.2, 0.25) is 0 Å². The molecule has 2 atom stereocenters. The summed E-state index contributed by atoms with van der Waals surface area (Å²) < 4.78 is 51.9. The molecule has 100 valence electrons. The van der Waals surface area contributed by atoms with E-state index in [9.17, 15) is 22.7 Å². The Bertz CT molecular complexity index is 442. The molecule has 0 aliphatic heterocycles. The molecule has 0 radical (unpaired) electrons. The molecule has 0 spiro atoms. The third-order valence-electron chi connectivity index (χ3n) is 3.16. The van der Waals surface area contributed by atoms with E-state index in [4.69, 9.17) is 5.73 Å². The van der Waals surface area contributed by atoms with E-state index in [2.05, 4.69) is 0 Å². The summed E-state index contributed by atoms with van der Waals surface area (Å²) in [5.41, 5.74) is 3.82. The summed E-state index contributed by atoms with van der Waals surface area (Å²) in [6, 6.07) is 1.33. The molecule has 3 N–H and O–H groups in total. The maximum atomic E-state index is 13.6. The number of alkyl halides is 3. The molecule has 6 heteroatoms. The van der Waals surface area contributed by atoms with E-state index in [0.29, 0.717) is 12.8 Å². The van der Waals surface area contributed by atoms with Crippen molar-refractivity contribution in [1.82, 2.24) is 0 Å². The third-order valence-corrected chi connectivity index (χ3v) is 3.16. The van der Waals surface area contributed by atoms with Crippen molar-refractivity contribution < 1.29 is 22.7 Å². The van der Waals surface area contributed by atoms with Crippen molar-refractivity contribution in [2.45, 2.75) is 31.2 Å². The van der Waals surface area contributed by atoms with Crippen molar-refractivity contribution in [2.24, 2.45) is 11.7 Å². The molecule has 1 aromatic carbocycles. The Morgan fingerprint density at radius 1 is 1.28 bits per heavy atom. The SMILES string of the molecule is N[C@@H](c1c(F)cccc1C(F)(F)F)[C@H](O)C1CC1. The number of nitrogens with two attached hydrogens (primary N) is 1. The summed E-state index contributed by atoms with van der Waals surface area (Å²) in [4.78, 5) is 0. The largest absolute Gasteiger partial charge is 0.416 e. The van der Waals surface area contributed by atoms with E-state index >= 15 is 0 Å². The van der Waals surface area contributed by atoms with Gasteiger partial charge in [-0.05, 0) is 30.9 Å². The first kappa shape index (κ1) is 13.3. The van der Waals surface area contributed by atoms with Crippen LogP contribution in [0.1, 0.15) is 30.0 Å². The molecule has 0 heterocycles. The van der Waals surface area contributed by atoms with E-state index < -0.39 is 35.3 Å². The lowest BCUT2D eigenvalue weighted by molar-refractivity contribution is -0.138. The summed E-state index contributed by atoms with van der Waals surface area (Å²) in [7, 11) is 0. The lowest BCUT2D eigenvalue weighted by Crippen LogP contribution is -2.31. The van der Waals surface area contributed by atoms with Gasteiger partial charge in [0.15, 0.2) is 0 Å². The first-order valence-corrected chi connectivity index (χ1v) is 5.61. The summed E-state index contributed by atoms with van der Waals surface area (Å²) in [5, 5.41) is 9.77. The van der Waals surface area contributed by atoms with Gasteiger partial charge >= 0.3 is 6.18 Å². The smallest absolute Gasteiger partial charge is 0.391 e. The summed E-state index contributed by atoms with van der Waals surface area (Å²) in [6.45, 7) is 0. The minimum Gasteiger partial charge on any atom is -0.391 e. The first-order valence-electron chi connectivity index (χ1n) is 5.61. The quantitative estimate of drug-likeness (QED) is 0.823. The van der Waals surface area contributed by atoms with Gasteiger partial charge < -0.3 is 10.8 Å². The fraction of sp³-hybridized carbons (Fsp3) is 0.500. The van der Waals surface area contributed by atoms with Gasteiger partial charge in [-0.15, -0.1) is 0 Å². The Hall–Kier alpha value is -1.14. The Balaban J connectivity index is 2.41. The van der Waals surface area contributed by atoms with E-state index in [1.54, 1.807) is 0 Å². The molecule has 1 fully saturated rings. The Labute approximate surface area is 101 Å². The van der Waals surface area contributed by atoms with Gasteiger partial charge in [-0.25, -0.2) is 4.39 Å². The van der Waals surface area contributed by atoms with E-state index in [1.165, 1.54) is 0 Å². The predicted octanol–water partition coefficient (Wildman–Crippen LogP) is 2.62. The van der Waals surface area contributed by atoms with Gasteiger partial charge in [-0.3, -0.25) is 0 Å². The number of benzene rings is 1. The second-order valence-electron chi connectivity index (χ2n) is 4.55. The van der Waals surface area contributed by atoms with Gasteiger partial charge in [0.2, 0.25) is 0 Å². The Morgan fingerprint density at radius 3 is 2.39 bits per heavy atom. The topological polar surface area (TPSA) is 46.2 Å². The van der Waals surface area contributed by atoms with Gasteiger partial charge in [-0.1, -0.05) is 6.07 Å². The van der Waals surface area contributed by atoms with Gasteiger partial charge in [0.05, 0.1) is 17.7 Å². The van der Waals surface area contributed by atoms with Crippen LogP contribution in [0.4, 0.5) is 17.6 Å². The van der Waals surface area contributed by atoms with Crippen LogP contribution in [-0.2, 0) is 6.18 Å². The molecule has 2 nitrogen and oxygen atoms in total. The second-order valence-corrected chi connectivity index (χ2v) is 4.55. The predicted molar refractivity (Wildman–Crippen MR) is 57.1 cm³/mol. The molecule has 0 bridgehead atoms. The monoisotopic (exact) mass is 263 g/mol. The molecule has 0 saturated heterocycles. The zero-order valence-corrected chi connectivity index (χ0v) is 9.41. The van der Waals surface area contributed by atoms with E-state index in [1.807, 2.05) is 0 Å². The summed E-state index contributed by atoms with van der Waals surface area (Å²) in [6.07, 6.45) is -4.39. The Kier molecular flexibility index (Phi) is 3.33. The van der Waals surface area contributed by atoms with Gasteiger partial charge in [0.25, 0.3) is 0 Å². The van der Waals surface area contributed by atoms with Crippen molar-refractivity contribution in [2.75, 3.05) is 0 Å². The van der Waals surface area contributed by atoms with Crippen LogP contribution >= 0.6 is 0 Å². The number of hydrogen-bond acceptors (Lipinski definition) is 2. The average Bonchev–Trinajstić information content (AvgIpc) is 3.09. The molecule has 0 aromatic heterocycles. The van der Waals surface area contributed by atoms with E-state index in [0.717, 1.165) is 18.2 Å². The van der Waals surface area contributed by atoms with Crippen LogP contribution in [0.15, 0.2) is 18.2 Å². The van der Waals surface area contributed by atoms with Crippen LogP contribution in [0.25, 0.3) is 0 Å². The van der Waals surface area contributed by atoms with Crippen LogP contribution in [0.5, 0.6) is 0 Å². The number of aliphatic hydroxyl groups excluding tert-OH is 1. The highest BCUT2D eigenvalue weighted by molar-refractivity contribution is 5.34. The van der Waals surface area contributed by atoms with Crippen LogP contribution in [0.3, 0.4) is 0 Å². The lowest BCUT2D eigenvalue weighted by atomic mass is 9.94. The zero-order valence-electron chi connectivity index (χ0n) is 9.41. The lowest BCUT2D eigenvalue weighted by Gasteiger charge is -2.23. The van der Waals surface area contributed by atoms with Crippen molar-refractivity contribution >= 4 is 0 Å². The second kappa shape index (κ2) is 4.51. The minimum absolute atomic E-state index is 0.124. The molecule has 2 rings (SSSR count). The number of aliphatic hydroxyl groups is 1. The number of rotatable bonds is 3. The highest BCUT2D eigenvalue weighted by Gasteiger charge is 2.41. The van der Waals surface area contributed by atoms with Gasteiger partial charge in [-0.2, -0.15) is 13.2 Å². The maximum absolute atomic E-state index is 13.6. The Morgan fingerprint density at radius 2 is 1.89 bits per heavy atom. The van der Waals surface area contributed by atoms with Crippen LogP contribution < -0.4 is 5.73 Å². The van der Waals surface area contributed by atoms with Gasteiger partial charge in [0.1, 0.15) is 5.82 Å². The standard InChI is InChI=1S/C12H13F4NO/c13-8-3-1-2-7(12(14,15)16)9(8)10(17)11(18)6-4-5-6/h1-3,6,10-11,18H,4-5,17H2/t10-,11+/m0/s1. The minimum atomic E-state index is -4.68. The van der Waals surface area contributed by atoms with Crippen molar-refractivity contribution in [3.63, 3.8) is 0 Å². The molecular formula is C12H13F4NO. The van der Waals surface area contributed by atoms with E-state index in [-0.39, 0.29) is 5.92 Å². The highest BCUT2D eigenvalue weighted by Crippen LogP contribution is 2.41. The van der Waals surface area contributed by atoms with Crippen LogP contribution in [-0.4, -0.2) is 11.2 Å². The number of halogens is 4. The molecule has 0 amide bonds. The molecular weight excluding hydrogens is 250 g/mol. The molecule has 0 unspecified atom stereocenters. The molecule has 18 heavy (non-hydrogen) atoms. The summed E-state index contributed by atoms with van der Waals surface area (Å²) in [5.74, 6) is -1.15. The zero-order chi connectivity index (χ0) is 13.5. The molecule has 1 aromatic rings. The maximum Gasteiger partial charge on any atom is 0.416 e. The highest BCUT2D eigenvalue weighted by atomic mass is 19.4. The fourth-order valence-electron chi connectivity index (χ4n) is 2.02. The first-order chi connectivity index (χ1) is 8.32. The molecule has 1 aliphatic carbocycles. The van der Waals surface area contributed by atoms with Crippen molar-refractivity contribution in [1.29, 1.82) is 0 Å². The molecule has 1 saturated carbocycles. The van der Waals surface area contributed by atoms with Crippen LogP contribution in [0, 0.1) is 11.7 Å². The fourth-order valence-corrected chi connectivity index (χ4v) is 2.02. The van der Waals surface area contributed by atoms with Gasteiger partial charge in [0, 0.05) is 5.56 Å².